The molecule has 3 rings (SSSR count). The van der Waals surface area contributed by atoms with Crippen molar-refractivity contribution in [1.29, 1.82) is 0 Å². The van der Waals surface area contributed by atoms with E-state index in [-0.39, 0.29) is 0 Å². The normalized spacial score (nSPS) is 13.7. The Morgan fingerprint density at radius 1 is 0.958 bits per heavy atom. The molecule has 0 saturated heterocycles. The van der Waals surface area contributed by atoms with E-state index in [9.17, 15) is 0 Å². The minimum absolute atomic E-state index is 0.587. The van der Waals surface area contributed by atoms with Crippen LogP contribution in [-0.2, 0) is 13.0 Å². The molecule has 0 N–H and O–H groups in total. The second-order valence-corrected chi connectivity index (χ2v) is 5.61. The minimum atomic E-state index is 0.587. The van der Waals surface area contributed by atoms with Crippen molar-refractivity contribution in [2.45, 2.75) is 13.0 Å². The van der Waals surface area contributed by atoms with Gasteiger partial charge in [0.2, 0.25) is 5.75 Å². The van der Waals surface area contributed by atoms with Crippen molar-refractivity contribution < 1.29 is 14.2 Å². The van der Waals surface area contributed by atoms with Crippen LogP contribution in [0.2, 0.25) is 0 Å². The number of benzene rings is 2. The molecule has 0 aromatic heterocycles. The number of rotatable bonds is 5. The van der Waals surface area contributed by atoms with Crippen LogP contribution in [-0.4, -0.2) is 39.1 Å². The highest BCUT2D eigenvalue weighted by atomic mass is 16.5. The predicted molar refractivity (Wildman–Crippen MR) is 94.2 cm³/mol. The maximum absolute atomic E-state index is 5.38. The smallest absolute Gasteiger partial charge is 0.203 e. The third-order valence-corrected chi connectivity index (χ3v) is 4.17. The molecule has 2 aromatic carbocycles. The maximum Gasteiger partial charge on any atom is 0.203 e. The minimum Gasteiger partial charge on any atom is -0.493 e. The lowest BCUT2D eigenvalue weighted by molar-refractivity contribution is 0.269. The third kappa shape index (κ3) is 3.30. The zero-order valence-electron chi connectivity index (χ0n) is 14.3. The van der Waals surface area contributed by atoms with Crippen LogP contribution in [0, 0.1) is 0 Å². The van der Waals surface area contributed by atoms with Crippen molar-refractivity contribution in [3.63, 3.8) is 0 Å². The van der Waals surface area contributed by atoms with Gasteiger partial charge in [-0.05, 0) is 29.7 Å². The van der Waals surface area contributed by atoms with Gasteiger partial charge < -0.3 is 14.2 Å². The largest absolute Gasteiger partial charge is 0.493 e. The molecule has 126 valence electrons. The molecule has 1 aliphatic heterocycles. The van der Waals surface area contributed by atoms with Gasteiger partial charge in [0.25, 0.3) is 0 Å². The summed E-state index contributed by atoms with van der Waals surface area (Å²) in [5, 5.41) is 6.69. The van der Waals surface area contributed by atoms with Crippen molar-refractivity contribution in [3.8, 4) is 17.2 Å². The highest BCUT2D eigenvalue weighted by Gasteiger charge is 2.15. The summed E-state index contributed by atoms with van der Waals surface area (Å²) in [6.07, 6.45) is 2.85. The molecule has 1 heterocycles. The zero-order valence-corrected chi connectivity index (χ0v) is 14.3. The van der Waals surface area contributed by atoms with Gasteiger partial charge >= 0.3 is 0 Å². The van der Waals surface area contributed by atoms with Crippen molar-refractivity contribution in [1.82, 2.24) is 5.01 Å². The summed E-state index contributed by atoms with van der Waals surface area (Å²) >= 11 is 0. The lowest BCUT2D eigenvalue weighted by atomic mass is 10.0. The van der Waals surface area contributed by atoms with E-state index >= 15 is 0 Å². The monoisotopic (exact) mass is 326 g/mol. The van der Waals surface area contributed by atoms with Gasteiger partial charge in [0, 0.05) is 12.1 Å². The number of methoxy groups -OCH3 is 3. The van der Waals surface area contributed by atoms with Crippen LogP contribution in [0.15, 0.2) is 41.5 Å². The van der Waals surface area contributed by atoms with Gasteiger partial charge in [-0.15, -0.1) is 0 Å². The molecule has 0 amide bonds. The Balaban J connectivity index is 1.80. The maximum atomic E-state index is 5.38. The Morgan fingerprint density at radius 2 is 1.62 bits per heavy atom. The van der Waals surface area contributed by atoms with Gasteiger partial charge in [0.05, 0.1) is 34.1 Å². The topological polar surface area (TPSA) is 43.3 Å². The summed E-state index contributed by atoms with van der Waals surface area (Å²) in [5.41, 5.74) is 3.66. The van der Waals surface area contributed by atoms with Crippen molar-refractivity contribution >= 4 is 6.21 Å². The lowest BCUT2D eigenvalue weighted by Gasteiger charge is -2.26. The molecule has 0 saturated carbocycles. The standard InChI is InChI=1S/C19H22N2O3/c1-22-17-10-14(11-18(23-2)19(17)24-3)12-20-21-9-8-15-6-4-5-7-16(15)13-21/h4-7,10-12H,8-9,13H2,1-3H3/b20-12+. The predicted octanol–water partition coefficient (Wildman–Crippen LogP) is 3.10. The number of nitrogens with zero attached hydrogens (tertiary/aromatic N) is 2. The van der Waals surface area contributed by atoms with E-state index in [1.165, 1.54) is 11.1 Å². The van der Waals surface area contributed by atoms with Gasteiger partial charge in [-0.3, -0.25) is 5.01 Å². The van der Waals surface area contributed by atoms with Gasteiger partial charge in [0.15, 0.2) is 11.5 Å². The lowest BCUT2D eigenvalue weighted by Crippen LogP contribution is -2.25. The van der Waals surface area contributed by atoms with E-state index in [1.807, 2.05) is 18.3 Å². The molecule has 5 nitrogen and oxygen atoms in total. The summed E-state index contributed by atoms with van der Waals surface area (Å²) in [7, 11) is 4.82. The van der Waals surface area contributed by atoms with E-state index in [0.29, 0.717) is 17.2 Å². The van der Waals surface area contributed by atoms with Crippen molar-refractivity contribution in [2.24, 2.45) is 5.10 Å². The highest BCUT2D eigenvalue weighted by molar-refractivity contribution is 5.82. The Kier molecular flexibility index (Phi) is 4.89. The van der Waals surface area contributed by atoms with Gasteiger partial charge in [0.1, 0.15) is 0 Å². The quantitative estimate of drug-likeness (QED) is 0.792. The fourth-order valence-electron chi connectivity index (χ4n) is 2.90. The van der Waals surface area contributed by atoms with Gasteiger partial charge in [-0.1, -0.05) is 24.3 Å². The average Bonchev–Trinajstić information content (AvgIpc) is 2.65. The average molecular weight is 326 g/mol. The summed E-state index contributed by atoms with van der Waals surface area (Å²) < 4.78 is 16.1. The van der Waals surface area contributed by atoms with Crippen molar-refractivity contribution in [3.05, 3.63) is 53.1 Å². The van der Waals surface area contributed by atoms with Crippen LogP contribution in [0.3, 0.4) is 0 Å². The second kappa shape index (κ2) is 7.25. The fourth-order valence-corrected chi connectivity index (χ4v) is 2.90. The summed E-state index contributed by atoms with van der Waals surface area (Å²) in [6, 6.07) is 12.3. The molecule has 0 fully saturated rings. The fraction of sp³-hybridized carbons (Fsp3) is 0.316. The molecular weight excluding hydrogens is 304 g/mol. The summed E-state index contributed by atoms with van der Waals surface area (Å²) in [4.78, 5) is 0. The van der Waals surface area contributed by atoms with Crippen LogP contribution < -0.4 is 14.2 Å². The first-order chi connectivity index (χ1) is 11.7. The Morgan fingerprint density at radius 3 is 2.25 bits per heavy atom. The number of hydrazone groups is 1. The van der Waals surface area contributed by atoms with E-state index < -0.39 is 0 Å². The third-order valence-electron chi connectivity index (χ3n) is 4.17. The van der Waals surface area contributed by atoms with E-state index in [1.54, 1.807) is 21.3 Å². The first-order valence-electron chi connectivity index (χ1n) is 7.91. The molecule has 0 spiro atoms. The zero-order chi connectivity index (χ0) is 16.9. The highest BCUT2D eigenvalue weighted by Crippen LogP contribution is 2.37. The van der Waals surface area contributed by atoms with Gasteiger partial charge in [-0.25, -0.2) is 0 Å². The van der Waals surface area contributed by atoms with E-state index in [4.69, 9.17) is 14.2 Å². The second-order valence-electron chi connectivity index (χ2n) is 5.61. The summed E-state index contributed by atoms with van der Waals surface area (Å²) in [6.45, 7) is 1.75. The first kappa shape index (κ1) is 16.2. The molecule has 0 unspecified atom stereocenters. The van der Waals surface area contributed by atoms with E-state index in [0.717, 1.165) is 25.1 Å². The van der Waals surface area contributed by atoms with Crippen LogP contribution in [0.1, 0.15) is 16.7 Å². The first-order valence-corrected chi connectivity index (χ1v) is 7.91. The molecule has 0 bridgehead atoms. The molecule has 2 aromatic rings. The van der Waals surface area contributed by atoms with Crippen LogP contribution >= 0.6 is 0 Å². The van der Waals surface area contributed by atoms with Crippen molar-refractivity contribution in [2.75, 3.05) is 27.9 Å². The number of hydrogen-bond donors (Lipinski definition) is 0. The molecule has 0 radical (unpaired) electrons. The summed E-state index contributed by atoms with van der Waals surface area (Å²) in [5.74, 6) is 1.84. The van der Waals surface area contributed by atoms with Crippen LogP contribution in [0.5, 0.6) is 17.2 Å². The van der Waals surface area contributed by atoms with Crippen LogP contribution in [0.25, 0.3) is 0 Å². The molecule has 5 heteroatoms. The number of fused-ring (bicyclic) bond motifs is 1. The van der Waals surface area contributed by atoms with E-state index in [2.05, 4.69) is 34.4 Å². The SMILES string of the molecule is COc1cc(/C=N/N2CCc3ccccc3C2)cc(OC)c1OC. The molecular formula is C19H22N2O3. The Hall–Kier alpha value is -2.69. The number of hydrogen-bond acceptors (Lipinski definition) is 5. The van der Waals surface area contributed by atoms with Crippen LogP contribution in [0.4, 0.5) is 0 Å². The molecule has 0 aliphatic carbocycles. The molecule has 0 atom stereocenters. The number of ether oxygens (including phenoxy) is 3. The van der Waals surface area contributed by atoms with Gasteiger partial charge in [-0.2, -0.15) is 5.10 Å². The molecule has 1 aliphatic rings. The molecule has 24 heavy (non-hydrogen) atoms. The Labute approximate surface area is 142 Å². The Bertz CT molecular complexity index is 718.